The number of benzene rings is 1. The van der Waals surface area contributed by atoms with E-state index in [-0.39, 0.29) is 0 Å². The average molecular weight is 321 g/mol. The van der Waals surface area contributed by atoms with Gasteiger partial charge in [0.2, 0.25) is 0 Å². The van der Waals surface area contributed by atoms with Crippen LogP contribution in [0.2, 0.25) is 0 Å². The fraction of sp³-hybridized carbons (Fsp3) is 0.400. The molecule has 1 saturated heterocycles. The van der Waals surface area contributed by atoms with E-state index in [2.05, 4.69) is 37.2 Å². The predicted molar refractivity (Wildman–Crippen MR) is 63.7 cm³/mol. The Labute approximate surface area is 100.0 Å². The molecule has 0 aromatic heterocycles. The van der Waals surface area contributed by atoms with Crippen molar-refractivity contribution in [2.45, 2.75) is 12.3 Å². The summed E-state index contributed by atoms with van der Waals surface area (Å²) in [6, 6.07) is 3.74. The van der Waals surface area contributed by atoms with Crippen molar-refractivity contribution in [3.8, 4) is 5.75 Å². The van der Waals surface area contributed by atoms with Crippen molar-refractivity contribution in [3.63, 3.8) is 0 Å². The second-order valence-electron chi connectivity index (χ2n) is 3.51. The lowest BCUT2D eigenvalue weighted by Gasteiger charge is -2.12. The first-order valence-corrected chi connectivity index (χ1v) is 6.15. The van der Waals surface area contributed by atoms with Gasteiger partial charge < -0.3 is 10.4 Å². The Bertz CT molecular complexity index is 348. The molecule has 76 valence electrons. The summed E-state index contributed by atoms with van der Waals surface area (Å²) in [7, 11) is 0. The second kappa shape index (κ2) is 4.21. The van der Waals surface area contributed by atoms with Crippen molar-refractivity contribution in [1.29, 1.82) is 0 Å². The molecule has 1 aliphatic heterocycles. The van der Waals surface area contributed by atoms with Crippen LogP contribution in [-0.2, 0) is 0 Å². The SMILES string of the molecule is Oc1cc(Br)c(Br)cc1C1CCNC1. The number of hydrogen-bond acceptors (Lipinski definition) is 2. The van der Waals surface area contributed by atoms with E-state index in [1.54, 1.807) is 6.07 Å². The maximum Gasteiger partial charge on any atom is 0.120 e. The number of hydrogen-bond donors (Lipinski definition) is 2. The molecule has 2 N–H and O–H groups in total. The van der Waals surface area contributed by atoms with Crippen LogP contribution < -0.4 is 5.32 Å². The highest BCUT2D eigenvalue weighted by Crippen LogP contribution is 2.36. The van der Waals surface area contributed by atoms with Crippen molar-refractivity contribution >= 4 is 31.9 Å². The quantitative estimate of drug-likeness (QED) is 0.833. The van der Waals surface area contributed by atoms with E-state index < -0.39 is 0 Å². The summed E-state index contributed by atoms with van der Waals surface area (Å²) in [5.74, 6) is 0.827. The fourth-order valence-electron chi connectivity index (χ4n) is 1.80. The van der Waals surface area contributed by atoms with E-state index in [1.165, 1.54) is 0 Å². The van der Waals surface area contributed by atoms with Crippen LogP contribution in [0.1, 0.15) is 17.9 Å². The lowest BCUT2D eigenvalue weighted by molar-refractivity contribution is 0.462. The van der Waals surface area contributed by atoms with Gasteiger partial charge in [-0.15, -0.1) is 0 Å². The third-order valence-electron chi connectivity index (χ3n) is 2.57. The van der Waals surface area contributed by atoms with E-state index in [4.69, 9.17) is 0 Å². The van der Waals surface area contributed by atoms with E-state index in [9.17, 15) is 5.11 Å². The Balaban J connectivity index is 2.37. The summed E-state index contributed by atoms with van der Waals surface area (Å²) < 4.78 is 1.89. The highest BCUT2D eigenvalue weighted by Gasteiger charge is 2.20. The molecule has 0 saturated carbocycles. The minimum atomic E-state index is 0.383. The molecule has 0 aliphatic carbocycles. The molecule has 1 aromatic carbocycles. The number of nitrogens with one attached hydrogen (secondary N) is 1. The van der Waals surface area contributed by atoms with E-state index >= 15 is 0 Å². The molecular formula is C10H11Br2NO. The Morgan fingerprint density at radius 3 is 2.64 bits per heavy atom. The van der Waals surface area contributed by atoms with Crippen LogP contribution in [0.25, 0.3) is 0 Å². The van der Waals surface area contributed by atoms with Crippen LogP contribution in [-0.4, -0.2) is 18.2 Å². The summed E-state index contributed by atoms with van der Waals surface area (Å²) in [6.45, 7) is 2.00. The highest BCUT2D eigenvalue weighted by atomic mass is 79.9. The van der Waals surface area contributed by atoms with E-state index in [0.717, 1.165) is 34.0 Å². The zero-order valence-electron chi connectivity index (χ0n) is 7.56. The van der Waals surface area contributed by atoms with Gasteiger partial charge in [-0.3, -0.25) is 0 Å². The van der Waals surface area contributed by atoms with Gasteiger partial charge in [0.25, 0.3) is 0 Å². The van der Waals surface area contributed by atoms with Gasteiger partial charge in [0.1, 0.15) is 5.75 Å². The topological polar surface area (TPSA) is 32.3 Å². The van der Waals surface area contributed by atoms with Gasteiger partial charge in [-0.1, -0.05) is 0 Å². The second-order valence-corrected chi connectivity index (χ2v) is 5.22. The highest BCUT2D eigenvalue weighted by molar-refractivity contribution is 9.13. The Morgan fingerprint density at radius 2 is 2.00 bits per heavy atom. The Morgan fingerprint density at radius 1 is 1.29 bits per heavy atom. The first-order valence-electron chi connectivity index (χ1n) is 4.57. The molecule has 0 bridgehead atoms. The van der Waals surface area contributed by atoms with Crippen molar-refractivity contribution < 1.29 is 5.11 Å². The van der Waals surface area contributed by atoms with Crippen LogP contribution in [0, 0.1) is 0 Å². The van der Waals surface area contributed by atoms with E-state index in [0.29, 0.717) is 11.7 Å². The molecular weight excluding hydrogens is 310 g/mol. The zero-order valence-corrected chi connectivity index (χ0v) is 10.7. The largest absolute Gasteiger partial charge is 0.508 e. The molecule has 1 aromatic rings. The molecule has 2 nitrogen and oxygen atoms in total. The summed E-state index contributed by atoms with van der Waals surface area (Å²) in [5.41, 5.74) is 1.03. The van der Waals surface area contributed by atoms with Crippen LogP contribution in [0.4, 0.5) is 0 Å². The molecule has 1 aliphatic rings. The summed E-state index contributed by atoms with van der Waals surface area (Å²) in [5, 5.41) is 13.1. The molecule has 0 radical (unpaired) electrons. The number of phenolic OH excluding ortho intramolecular Hbond substituents is 1. The standard InChI is InChI=1S/C10H11Br2NO/c11-8-3-7(6-1-2-13-5-6)10(14)4-9(8)12/h3-4,6,13-14H,1-2,5H2. The van der Waals surface area contributed by atoms with Crippen LogP contribution in [0.15, 0.2) is 21.1 Å². The molecule has 0 spiro atoms. The van der Waals surface area contributed by atoms with Gasteiger partial charge in [0, 0.05) is 21.4 Å². The lowest BCUT2D eigenvalue weighted by Crippen LogP contribution is -2.08. The van der Waals surface area contributed by atoms with Crippen molar-refractivity contribution in [1.82, 2.24) is 5.32 Å². The van der Waals surface area contributed by atoms with Crippen molar-refractivity contribution in [3.05, 3.63) is 26.6 Å². The smallest absolute Gasteiger partial charge is 0.120 e. The summed E-state index contributed by atoms with van der Waals surface area (Å²) in [4.78, 5) is 0. The molecule has 1 heterocycles. The number of halogens is 2. The molecule has 14 heavy (non-hydrogen) atoms. The van der Waals surface area contributed by atoms with Gasteiger partial charge in [-0.25, -0.2) is 0 Å². The molecule has 1 fully saturated rings. The number of phenols is 1. The molecule has 0 amide bonds. The minimum absolute atomic E-state index is 0.383. The number of rotatable bonds is 1. The Kier molecular flexibility index (Phi) is 3.14. The van der Waals surface area contributed by atoms with Crippen LogP contribution >= 0.6 is 31.9 Å². The summed E-state index contributed by atoms with van der Waals surface area (Å²) in [6.07, 6.45) is 1.10. The summed E-state index contributed by atoms with van der Waals surface area (Å²) >= 11 is 6.82. The Hall–Kier alpha value is -0.0600. The van der Waals surface area contributed by atoms with Crippen LogP contribution in [0.3, 0.4) is 0 Å². The van der Waals surface area contributed by atoms with Gasteiger partial charge in [0.05, 0.1) is 0 Å². The lowest BCUT2D eigenvalue weighted by atomic mass is 9.98. The first kappa shape index (κ1) is 10.5. The van der Waals surface area contributed by atoms with E-state index in [1.807, 2.05) is 6.07 Å². The average Bonchev–Trinajstić information content (AvgIpc) is 2.64. The van der Waals surface area contributed by atoms with Crippen molar-refractivity contribution in [2.24, 2.45) is 0 Å². The van der Waals surface area contributed by atoms with Gasteiger partial charge in [0.15, 0.2) is 0 Å². The fourth-order valence-corrected chi connectivity index (χ4v) is 2.49. The maximum absolute atomic E-state index is 9.80. The third-order valence-corrected chi connectivity index (χ3v) is 4.41. The monoisotopic (exact) mass is 319 g/mol. The third kappa shape index (κ3) is 1.97. The van der Waals surface area contributed by atoms with Crippen LogP contribution in [0.5, 0.6) is 5.75 Å². The maximum atomic E-state index is 9.80. The molecule has 2 rings (SSSR count). The molecule has 1 atom stereocenters. The van der Waals surface area contributed by atoms with Crippen molar-refractivity contribution in [2.75, 3.05) is 13.1 Å². The zero-order chi connectivity index (χ0) is 10.1. The van der Waals surface area contributed by atoms with Gasteiger partial charge in [-0.05, 0) is 62.5 Å². The molecule has 1 unspecified atom stereocenters. The van der Waals surface area contributed by atoms with Gasteiger partial charge >= 0.3 is 0 Å². The predicted octanol–water partition coefficient (Wildman–Crippen LogP) is 2.99. The first-order chi connectivity index (χ1) is 6.68. The molecule has 4 heteroatoms. The normalized spacial score (nSPS) is 21.4. The number of aromatic hydroxyl groups is 1. The van der Waals surface area contributed by atoms with Gasteiger partial charge in [-0.2, -0.15) is 0 Å². The minimum Gasteiger partial charge on any atom is -0.508 e.